The van der Waals surface area contributed by atoms with Crippen molar-refractivity contribution >= 4 is 29.0 Å². The van der Waals surface area contributed by atoms with Crippen molar-refractivity contribution in [3.63, 3.8) is 0 Å². The largest absolute Gasteiger partial charge is 0.496 e. The summed E-state index contributed by atoms with van der Waals surface area (Å²) in [6.07, 6.45) is 0.572. The van der Waals surface area contributed by atoms with E-state index in [0.717, 1.165) is 16.2 Å². The maximum Gasteiger partial charge on any atom is 0.318 e. The van der Waals surface area contributed by atoms with E-state index in [1.165, 1.54) is 9.91 Å². The number of thiophene rings is 1. The van der Waals surface area contributed by atoms with Crippen molar-refractivity contribution in [1.29, 1.82) is 0 Å². The molecule has 0 bridgehead atoms. The molecule has 3 rings (SSSR count). The van der Waals surface area contributed by atoms with Gasteiger partial charge in [-0.3, -0.25) is 4.79 Å². The minimum absolute atomic E-state index is 0.0424. The maximum absolute atomic E-state index is 13.4. The molecule has 1 aromatic carbocycles. The zero-order valence-electron chi connectivity index (χ0n) is 18.9. The second-order valence-corrected chi connectivity index (χ2v) is 8.69. The quantitative estimate of drug-likeness (QED) is 0.623. The lowest BCUT2D eigenvalue weighted by atomic mass is 10.00. The Bertz CT molecular complexity index is 945. The molecule has 1 aliphatic heterocycles. The summed E-state index contributed by atoms with van der Waals surface area (Å²) in [6, 6.07) is 10.9. The number of urea groups is 1. The maximum atomic E-state index is 13.4. The van der Waals surface area contributed by atoms with Crippen molar-refractivity contribution < 1.29 is 19.1 Å². The molecule has 0 spiro atoms. The molecule has 0 saturated carbocycles. The molecule has 0 aliphatic carbocycles. The third-order valence-corrected chi connectivity index (χ3v) is 5.98. The molecule has 1 atom stereocenters. The Morgan fingerprint density at radius 1 is 1.25 bits per heavy atom. The Hall–Kier alpha value is -2.91. The van der Waals surface area contributed by atoms with Crippen molar-refractivity contribution in [2.24, 2.45) is 5.10 Å². The number of nitrogens with one attached hydrogen (secondary N) is 1. The fourth-order valence-electron chi connectivity index (χ4n) is 3.54. The monoisotopic (exact) mass is 458 g/mol. The molecule has 1 aromatic heterocycles. The predicted molar refractivity (Wildman–Crippen MR) is 125 cm³/mol. The summed E-state index contributed by atoms with van der Waals surface area (Å²) in [5.41, 5.74) is 1.73. The van der Waals surface area contributed by atoms with Crippen molar-refractivity contribution in [2.75, 3.05) is 33.9 Å². The van der Waals surface area contributed by atoms with Crippen molar-refractivity contribution in [3.05, 3.63) is 52.2 Å². The van der Waals surface area contributed by atoms with Gasteiger partial charge in [0.15, 0.2) is 0 Å². The zero-order valence-corrected chi connectivity index (χ0v) is 19.7. The molecule has 0 unspecified atom stereocenters. The summed E-state index contributed by atoms with van der Waals surface area (Å²) in [6.45, 7) is 4.29. The van der Waals surface area contributed by atoms with Crippen molar-refractivity contribution in [3.8, 4) is 5.75 Å². The van der Waals surface area contributed by atoms with Crippen molar-refractivity contribution in [2.45, 2.75) is 32.4 Å². The molecule has 1 aliphatic rings. The van der Waals surface area contributed by atoms with E-state index < -0.39 is 0 Å². The zero-order chi connectivity index (χ0) is 23.1. The molecule has 8 nitrogen and oxygen atoms in total. The van der Waals surface area contributed by atoms with Gasteiger partial charge in [0.2, 0.25) is 0 Å². The smallest absolute Gasteiger partial charge is 0.318 e. The highest BCUT2D eigenvalue weighted by atomic mass is 32.1. The molecular weight excluding hydrogens is 428 g/mol. The third-order valence-electron chi connectivity index (χ3n) is 5.06. The van der Waals surface area contributed by atoms with E-state index in [2.05, 4.69) is 10.4 Å². The number of carbonyl (C=O) groups is 2. The van der Waals surface area contributed by atoms with E-state index in [-0.39, 0.29) is 30.6 Å². The first-order chi connectivity index (χ1) is 15.4. The van der Waals surface area contributed by atoms with Gasteiger partial charge in [-0.15, -0.1) is 11.3 Å². The number of hydrogen-bond acceptors (Lipinski definition) is 6. The Morgan fingerprint density at radius 3 is 2.69 bits per heavy atom. The molecule has 0 radical (unpaired) electrons. The van der Waals surface area contributed by atoms with Gasteiger partial charge < -0.3 is 19.7 Å². The second-order valence-electron chi connectivity index (χ2n) is 7.74. The molecule has 32 heavy (non-hydrogen) atoms. The number of nitrogens with zero attached hydrogens (tertiary/aromatic N) is 3. The van der Waals surface area contributed by atoms with E-state index in [0.29, 0.717) is 25.3 Å². The molecule has 0 fully saturated rings. The van der Waals surface area contributed by atoms with Crippen LogP contribution in [0.2, 0.25) is 0 Å². The lowest BCUT2D eigenvalue weighted by molar-refractivity contribution is -0.133. The van der Waals surface area contributed by atoms with Crippen LogP contribution < -0.4 is 10.1 Å². The van der Waals surface area contributed by atoms with Gasteiger partial charge in [0.05, 0.1) is 30.3 Å². The fourth-order valence-corrected chi connectivity index (χ4v) is 4.26. The highest BCUT2D eigenvalue weighted by Crippen LogP contribution is 2.38. The molecule has 3 amide bonds. The van der Waals surface area contributed by atoms with Crippen LogP contribution >= 0.6 is 11.3 Å². The first-order valence-electron chi connectivity index (χ1n) is 10.5. The number of carbonyl (C=O) groups excluding carboxylic acids is 2. The summed E-state index contributed by atoms with van der Waals surface area (Å²) in [7, 11) is 3.18. The molecule has 172 valence electrons. The average molecular weight is 459 g/mol. The Balaban J connectivity index is 1.88. The van der Waals surface area contributed by atoms with Crippen LogP contribution in [0.3, 0.4) is 0 Å². The average Bonchev–Trinajstić information content (AvgIpc) is 3.45. The van der Waals surface area contributed by atoms with E-state index in [4.69, 9.17) is 9.47 Å². The topological polar surface area (TPSA) is 83.5 Å². The van der Waals surface area contributed by atoms with Crippen LogP contribution in [0.4, 0.5) is 4.79 Å². The number of methoxy groups -OCH3 is 2. The van der Waals surface area contributed by atoms with Gasteiger partial charge in [-0.2, -0.15) is 5.10 Å². The van der Waals surface area contributed by atoms with Crippen LogP contribution in [0.5, 0.6) is 5.75 Å². The summed E-state index contributed by atoms with van der Waals surface area (Å²) >= 11 is 1.59. The number of hydrogen-bond donors (Lipinski definition) is 1. The number of ether oxygens (including phenoxy) is 2. The summed E-state index contributed by atoms with van der Waals surface area (Å²) in [5, 5.41) is 11.0. The van der Waals surface area contributed by atoms with Crippen LogP contribution in [0.15, 0.2) is 46.9 Å². The van der Waals surface area contributed by atoms with E-state index >= 15 is 0 Å². The van der Waals surface area contributed by atoms with Gasteiger partial charge >= 0.3 is 6.03 Å². The molecule has 1 N–H and O–H groups in total. The lowest BCUT2D eigenvalue weighted by Crippen LogP contribution is -2.48. The molecule has 2 heterocycles. The predicted octanol–water partition coefficient (Wildman–Crippen LogP) is 3.50. The molecule has 0 saturated heterocycles. The minimum Gasteiger partial charge on any atom is -0.496 e. The fraction of sp³-hybridized carbons (Fsp3) is 0.435. The lowest BCUT2D eigenvalue weighted by Gasteiger charge is -2.28. The van der Waals surface area contributed by atoms with Gasteiger partial charge in [0.25, 0.3) is 5.91 Å². The van der Waals surface area contributed by atoms with Crippen LogP contribution in [0.1, 0.15) is 36.8 Å². The van der Waals surface area contributed by atoms with Gasteiger partial charge in [-0.05, 0) is 31.4 Å². The minimum atomic E-state index is -0.312. The Kier molecular flexibility index (Phi) is 8.24. The van der Waals surface area contributed by atoms with Gasteiger partial charge in [0.1, 0.15) is 12.3 Å². The van der Waals surface area contributed by atoms with E-state index in [1.54, 1.807) is 25.6 Å². The normalized spacial score (nSPS) is 15.6. The van der Waals surface area contributed by atoms with Crippen LogP contribution in [-0.4, -0.2) is 67.5 Å². The first-order valence-corrected chi connectivity index (χ1v) is 11.4. The molecule has 2 aromatic rings. The number of para-hydroxylation sites is 1. The number of hydrazone groups is 1. The first kappa shape index (κ1) is 23.7. The summed E-state index contributed by atoms with van der Waals surface area (Å²) in [4.78, 5) is 28.6. The van der Waals surface area contributed by atoms with E-state index in [1.807, 2.05) is 55.6 Å². The van der Waals surface area contributed by atoms with Crippen molar-refractivity contribution in [1.82, 2.24) is 15.2 Å². The number of amides is 3. The van der Waals surface area contributed by atoms with Gasteiger partial charge in [-0.25, -0.2) is 9.80 Å². The van der Waals surface area contributed by atoms with Crippen LogP contribution in [0.25, 0.3) is 0 Å². The summed E-state index contributed by atoms with van der Waals surface area (Å²) in [5.74, 6) is 0.439. The number of benzene rings is 1. The molecule has 9 heteroatoms. The Labute approximate surface area is 192 Å². The SMILES string of the molecule is COCCN(CC(=O)N1N=C(c2cccs2)C[C@@H]1c1ccccc1OC)C(=O)NC(C)C. The number of rotatable bonds is 9. The highest BCUT2D eigenvalue weighted by molar-refractivity contribution is 7.12. The van der Waals surface area contributed by atoms with E-state index in [9.17, 15) is 9.59 Å². The second kappa shape index (κ2) is 11.1. The highest BCUT2D eigenvalue weighted by Gasteiger charge is 2.36. The third kappa shape index (κ3) is 5.66. The molecular formula is C23H30N4O4S. The van der Waals surface area contributed by atoms with Crippen LogP contribution in [0, 0.1) is 0 Å². The van der Waals surface area contributed by atoms with Crippen LogP contribution in [-0.2, 0) is 9.53 Å². The van der Waals surface area contributed by atoms with Gasteiger partial charge in [0, 0.05) is 31.7 Å². The van der Waals surface area contributed by atoms with Gasteiger partial charge in [-0.1, -0.05) is 24.3 Å². The Morgan fingerprint density at radius 2 is 2.03 bits per heavy atom. The standard InChI is InChI=1S/C23H30N4O4S/c1-16(2)24-23(29)26(11-12-30-3)15-22(28)27-19(17-8-5-6-9-20(17)31-4)14-18(25-27)21-10-7-13-32-21/h5-10,13,16,19H,11-12,14-15H2,1-4H3,(H,24,29)/t19-/m1/s1. The summed E-state index contributed by atoms with van der Waals surface area (Å²) < 4.78 is 10.7.